The van der Waals surface area contributed by atoms with Crippen LogP contribution in [-0.2, 0) is 4.79 Å². The first-order valence-electron chi connectivity index (χ1n) is 2.29. The molecular weight excluding hydrogens is 231 g/mol. The lowest BCUT2D eigenvalue weighted by atomic mass is 10.4. The normalized spacial score (nSPS) is 9.89. The lowest BCUT2D eigenvalue weighted by molar-refractivity contribution is -0.131. The maximum Gasteiger partial charge on any atom is 0.328 e. The predicted molar refractivity (Wildman–Crippen MR) is 47.0 cm³/mol. The van der Waals surface area contributed by atoms with Crippen molar-refractivity contribution in [2.24, 2.45) is 0 Å². The Balaban J connectivity index is 0. The van der Waals surface area contributed by atoms with Gasteiger partial charge in [-0.1, -0.05) is 18.2 Å². The molecule has 0 heterocycles. The molecular formula is C6H9IO2. The van der Waals surface area contributed by atoms with E-state index in [1.165, 1.54) is 6.08 Å². The first-order valence-corrected chi connectivity index (χ1v) is 2.29. The summed E-state index contributed by atoms with van der Waals surface area (Å²) >= 11 is 0. The van der Waals surface area contributed by atoms with Gasteiger partial charge in [0, 0.05) is 6.08 Å². The molecule has 0 aliphatic heterocycles. The molecule has 0 atom stereocenters. The molecule has 0 aliphatic carbocycles. The number of hydrogen-bond acceptors (Lipinski definition) is 1. The number of halogens is 1. The van der Waals surface area contributed by atoms with E-state index < -0.39 is 5.97 Å². The molecule has 0 bridgehead atoms. The van der Waals surface area contributed by atoms with E-state index in [9.17, 15) is 4.79 Å². The number of allylic oxidation sites excluding steroid dienone is 3. The van der Waals surface area contributed by atoms with Gasteiger partial charge < -0.3 is 5.11 Å². The predicted octanol–water partition coefficient (Wildman–Crippen LogP) is 1.82. The second-order valence-electron chi connectivity index (χ2n) is 1.22. The Morgan fingerprint density at radius 2 is 2.00 bits per heavy atom. The van der Waals surface area contributed by atoms with Crippen molar-refractivity contribution in [1.82, 2.24) is 0 Å². The minimum absolute atomic E-state index is 0. The maximum absolute atomic E-state index is 9.75. The molecule has 0 aromatic rings. The third-order valence-corrected chi connectivity index (χ3v) is 0.542. The average Bonchev–Trinajstić information content (AvgIpc) is 1.66. The van der Waals surface area contributed by atoms with Gasteiger partial charge in [0.1, 0.15) is 0 Å². The smallest absolute Gasteiger partial charge is 0.328 e. The zero-order valence-corrected chi connectivity index (χ0v) is 7.40. The van der Waals surface area contributed by atoms with E-state index in [4.69, 9.17) is 5.11 Å². The molecule has 0 spiro atoms. The van der Waals surface area contributed by atoms with Crippen LogP contribution in [-0.4, -0.2) is 11.1 Å². The Morgan fingerprint density at radius 3 is 2.33 bits per heavy atom. The first-order chi connectivity index (χ1) is 3.77. The molecule has 0 rings (SSSR count). The van der Waals surface area contributed by atoms with Crippen molar-refractivity contribution in [3.63, 3.8) is 0 Å². The SMILES string of the molecule is CC=CC=CC(=O)O.I. The Labute approximate surface area is 71.3 Å². The minimum Gasteiger partial charge on any atom is -0.478 e. The van der Waals surface area contributed by atoms with Crippen molar-refractivity contribution >= 4 is 29.9 Å². The highest BCUT2D eigenvalue weighted by Crippen LogP contribution is 1.74. The lowest BCUT2D eigenvalue weighted by Crippen LogP contribution is -1.83. The van der Waals surface area contributed by atoms with Crippen LogP contribution in [0.15, 0.2) is 24.3 Å². The van der Waals surface area contributed by atoms with E-state index in [1.54, 1.807) is 12.2 Å². The molecule has 0 fully saturated rings. The van der Waals surface area contributed by atoms with Gasteiger partial charge in [0.05, 0.1) is 0 Å². The zero-order chi connectivity index (χ0) is 6.41. The summed E-state index contributed by atoms with van der Waals surface area (Å²) in [7, 11) is 0. The average molecular weight is 240 g/mol. The highest BCUT2D eigenvalue weighted by Gasteiger charge is 1.78. The molecule has 52 valence electrons. The number of carboxylic acid groups (broad SMARTS) is 1. The molecule has 2 nitrogen and oxygen atoms in total. The highest BCUT2D eigenvalue weighted by atomic mass is 127. The number of aliphatic carboxylic acids is 1. The molecule has 0 radical (unpaired) electrons. The fraction of sp³-hybridized carbons (Fsp3) is 0.167. The van der Waals surface area contributed by atoms with Crippen LogP contribution >= 0.6 is 24.0 Å². The summed E-state index contributed by atoms with van der Waals surface area (Å²) < 4.78 is 0. The lowest BCUT2D eigenvalue weighted by Gasteiger charge is -1.72. The van der Waals surface area contributed by atoms with Crippen molar-refractivity contribution < 1.29 is 9.90 Å². The molecule has 0 aliphatic rings. The van der Waals surface area contributed by atoms with Gasteiger partial charge >= 0.3 is 5.97 Å². The molecule has 3 heteroatoms. The topological polar surface area (TPSA) is 37.3 Å². The van der Waals surface area contributed by atoms with E-state index in [0.717, 1.165) is 6.08 Å². The van der Waals surface area contributed by atoms with E-state index in [-0.39, 0.29) is 24.0 Å². The van der Waals surface area contributed by atoms with Gasteiger partial charge in [0.25, 0.3) is 0 Å². The highest BCUT2D eigenvalue weighted by molar-refractivity contribution is 14.0. The maximum atomic E-state index is 9.75. The summed E-state index contributed by atoms with van der Waals surface area (Å²) in [6.07, 6.45) is 5.98. The number of carboxylic acids is 1. The van der Waals surface area contributed by atoms with Crippen molar-refractivity contribution in [2.75, 3.05) is 0 Å². The minimum atomic E-state index is -0.914. The summed E-state index contributed by atoms with van der Waals surface area (Å²) in [5.41, 5.74) is 0. The molecule has 0 aromatic heterocycles. The summed E-state index contributed by atoms with van der Waals surface area (Å²) in [6.45, 7) is 1.83. The van der Waals surface area contributed by atoms with Crippen LogP contribution in [0.2, 0.25) is 0 Å². The molecule has 0 aromatic carbocycles. The van der Waals surface area contributed by atoms with Crippen LogP contribution < -0.4 is 0 Å². The van der Waals surface area contributed by atoms with Gasteiger partial charge in [-0.2, -0.15) is 0 Å². The van der Waals surface area contributed by atoms with Crippen molar-refractivity contribution in [2.45, 2.75) is 6.92 Å². The second-order valence-corrected chi connectivity index (χ2v) is 1.22. The van der Waals surface area contributed by atoms with E-state index >= 15 is 0 Å². The van der Waals surface area contributed by atoms with Gasteiger partial charge in [0.15, 0.2) is 0 Å². The standard InChI is InChI=1S/C6H8O2.HI/c1-2-3-4-5-6(7)8;/h2-5H,1H3,(H,7,8);1H. The Hall–Kier alpha value is -0.320. The monoisotopic (exact) mass is 240 g/mol. The van der Waals surface area contributed by atoms with Crippen LogP contribution in [0.1, 0.15) is 6.92 Å². The molecule has 1 N–H and O–H groups in total. The molecule has 9 heavy (non-hydrogen) atoms. The van der Waals surface area contributed by atoms with Crippen LogP contribution in [0.4, 0.5) is 0 Å². The van der Waals surface area contributed by atoms with Gasteiger partial charge in [-0.3, -0.25) is 0 Å². The van der Waals surface area contributed by atoms with E-state index in [0.29, 0.717) is 0 Å². The molecule has 0 amide bonds. The molecule has 0 unspecified atom stereocenters. The third kappa shape index (κ3) is 11.3. The Morgan fingerprint density at radius 1 is 1.44 bits per heavy atom. The van der Waals surface area contributed by atoms with Crippen molar-refractivity contribution in [3.8, 4) is 0 Å². The third-order valence-electron chi connectivity index (χ3n) is 0.542. The largest absolute Gasteiger partial charge is 0.478 e. The Bertz CT molecular complexity index is 127. The molecule has 0 saturated heterocycles. The summed E-state index contributed by atoms with van der Waals surface area (Å²) in [4.78, 5) is 9.75. The van der Waals surface area contributed by atoms with Crippen LogP contribution in [0.25, 0.3) is 0 Å². The number of rotatable bonds is 2. The van der Waals surface area contributed by atoms with E-state index in [2.05, 4.69) is 0 Å². The van der Waals surface area contributed by atoms with Gasteiger partial charge in [-0.05, 0) is 6.92 Å². The number of carbonyl (C=O) groups is 1. The van der Waals surface area contributed by atoms with E-state index in [1.807, 2.05) is 6.92 Å². The van der Waals surface area contributed by atoms with Crippen LogP contribution in [0.3, 0.4) is 0 Å². The Kier molecular flexibility index (Phi) is 9.79. The van der Waals surface area contributed by atoms with Gasteiger partial charge in [0.2, 0.25) is 0 Å². The first kappa shape index (κ1) is 11.5. The fourth-order valence-corrected chi connectivity index (χ4v) is 0.249. The quantitative estimate of drug-likeness (QED) is 0.454. The van der Waals surface area contributed by atoms with Crippen LogP contribution in [0.5, 0.6) is 0 Å². The van der Waals surface area contributed by atoms with Gasteiger partial charge in [-0.15, -0.1) is 24.0 Å². The summed E-state index contributed by atoms with van der Waals surface area (Å²) in [6, 6.07) is 0. The fourth-order valence-electron chi connectivity index (χ4n) is 0.249. The number of hydrogen-bond donors (Lipinski definition) is 1. The van der Waals surface area contributed by atoms with Crippen molar-refractivity contribution in [3.05, 3.63) is 24.3 Å². The zero-order valence-electron chi connectivity index (χ0n) is 5.07. The van der Waals surface area contributed by atoms with Gasteiger partial charge in [-0.25, -0.2) is 4.79 Å². The van der Waals surface area contributed by atoms with Crippen molar-refractivity contribution in [1.29, 1.82) is 0 Å². The summed E-state index contributed by atoms with van der Waals surface area (Å²) in [5.74, 6) is -0.914. The summed E-state index contributed by atoms with van der Waals surface area (Å²) in [5, 5.41) is 8.02. The second kappa shape index (κ2) is 7.68. The van der Waals surface area contributed by atoms with Crippen LogP contribution in [0, 0.1) is 0 Å². The molecule has 0 saturated carbocycles.